The van der Waals surface area contributed by atoms with E-state index in [0.29, 0.717) is 5.41 Å². The average Bonchev–Trinajstić information content (AvgIpc) is 2.82. The maximum Gasteiger partial charge on any atom is 0.118 e. The van der Waals surface area contributed by atoms with Crippen LogP contribution in [0.25, 0.3) is 0 Å². The van der Waals surface area contributed by atoms with Crippen molar-refractivity contribution in [2.45, 2.75) is 18.9 Å². The molecule has 1 saturated heterocycles. The summed E-state index contributed by atoms with van der Waals surface area (Å²) in [5, 5.41) is 3.46. The molecule has 0 amide bonds. The number of hydrogen-bond acceptors (Lipinski definition) is 3. The van der Waals surface area contributed by atoms with Crippen LogP contribution in [-0.2, 0) is 12.0 Å². The number of anilines is 1. The first-order valence-corrected chi connectivity index (χ1v) is 7.90. The molecule has 2 aliphatic heterocycles. The molecule has 1 N–H and O–H groups in total. The van der Waals surface area contributed by atoms with Crippen LogP contribution in [0.3, 0.4) is 0 Å². The number of methoxy groups -OCH3 is 1. The normalized spacial score (nSPS) is 18.2. The van der Waals surface area contributed by atoms with Crippen molar-refractivity contribution < 1.29 is 4.74 Å². The number of nitrogens with one attached hydrogen (secondary N) is 1. The van der Waals surface area contributed by atoms with E-state index in [2.05, 4.69) is 47.5 Å². The van der Waals surface area contributed by atoms with Crippen LogP contribution in [0.15, 0.2) is 42.5 Å². The molecule has 1 spiro atoms. The van der Waals surface area contributed by atoms with Gasteiger partial charge in [-0.2, -0.15) is 0 Å². The van der Waals surface area contributed by atoms with E-state index in [-0.39, 0.29) is 0 Å². The molecular weight excluding hydrogens is 272 g/mol. The van der Waals surface area contributed by atoms with E-state index in [1.54, 1.807) is 7.11 Å². The molecule has 2 aromatic carbocycles. The van der Waals surface area contributed by atoms with Crippen molar-refractivity contribution >= 4 is 5.69 Å². The fourth-order valence-corrected chi connectivity index (χ4v) is 3.71. The third-order valence-corrected chi connectivity index (χ3v) is 5.02. The SMILES string of the molecule is COc1ccc(CN2CC3(CNC3)c3ccc(C)cc32)cc1. The number of ether oxygens (including phenoxy) is 1. The first-order valence-electron chi connectivity index (χ1n) is 7.90. The molecule has 22 heavy (non-hydrogen) atoms. The van der Waals surface area contributed by atoms with Crippen molar-refractivity contribution in [2.24, 2.45) is 0 Å². The minimum atomic E-state index is 0.329. The Labute approximate surface area is 131 Å². The zero-order chi connectivity index (χ0) is 15.2. The topological polar surface area (TPSA) is 24.5 Å². The molecular formula is C19H22N2O. The predicted molar refractivity (Wildman–Crippen MR) is 89.8 cm³/mol. The molecule has 0 saturated carbocycles. The summed E-state index contributed by atoms with van der Waals surface area (Å²) in [6.45, 7) is 6.45. The van der Waals surface area contributed by atoms with Gasteiger partial charge in [-0.25, -0.2) is 0 Å². The number of nitrogens with zero attached hydrogens (tertiary/aromatic N) is 1. The van der Waals surface area contributed by atoms with Gasteiger partial charge >= 0.3 is 0 Å². The van der Waals surface area contributed by atoms with Gasteiger partial charge in [0.2, 0.25) is 0 Å². The van der Waals surface area contributed by atoms with Gasteiger partial charge in [-0.3, -0.25) is 0 Å². The Morgan fingerprint density at radius 2 is 1.91 bits per heavy atom. The second kappa shape index (κ2) is 5.03. The molecule has 2 aliphatic rings. The maximum atomic E-state index is 5.25. The molecule has 0 aliphatic carbocycles. The summed E-state index contributed by atoms with van der Waals surface area (Å²) in [5.74, 6) is 0.918. The molecule has 4 rings (SSSR count). The predicted octanol–water partition coefficient (Wildman–Crippen LogP) is 2.86. The number of rotatable bonds is 3. The number of aryl methyl sites for hydroxylation is 1. The van der Waals surface area contributed by atoms with Gasteiger partial charge in [0.05, 0.1) is 7.11 Å². The molecule has 3 nitrogen and oxygen atoms in total. The quantitative estimate of drug-likeness (QED) is 0.942. The molecule has 0 atom stereocenters. The van der Waals surface area contributed by atoms with E-state index in [1.807, 2.05) is 12.1 Å². The van der Waals surface area contributed by atoms with Crippen molar-refractivity contribution in [3.05, 3.63) is 59.2 Å². The number of fused-ring (bicyclic) bond motifs is 2. The summed E-state index contributed by atoms with van der Waals surface area (Å²) in [6.07, 6.45) is 0. The van der Waals surface area contributed by atoms with Gasteiger partial charge in [0.15, 0.2) is 0 Å². The molecule has 1 fully saturated rings. The number of benzene rings is 2. The lowest BCUT2D eigenvalue weighted by atomic mass is 9.77. The Bertz CT molecular complexity index is 689. The lowest BCUT2D eigenvalue weighted by molar-refractivity contribution is 0.295. The Morgan fingerprint density at radius 1 is 1.14 bits per heavy atom. The molecule has 2 heterocycles. The van der Waals surface area contributed by atoms with Gasteiger partial charge in [-0.05, 0) is 41.8 Å². The zero-order valence-electron chi connectivity index (χ0n) is 13.2. The summed E-state index contributed by atoms with van der Waals surface area (Å²) < 4.78 is 5.25. The van der Waals surface area contributed by atoms with Crippen molar-refractivity contribution in [3.8, 4) is 5.75 Å². The van der Waals surface area contributed by atoms with Crippen LogP contribution in [0.2, 0.25) is 0 Å². The highest BCUT2D eigenvalue weighted by molar-refractivity contribution is 5.65. The second-order valence-corrected chi connectivity index (χ2v) is 6.61. The molecule has 114 valence electrons. The van der Waals surface area contributed by atoms with Crippen molar-refractivity contribution in [1.82, 2.24) is 5.32 Å². The highest BCUT2D eigenvalue weighted by Crippen LogP contribution is 2.44. The second-order valence-electron chi connectivity index (χ2n) is 6.61. The van der Waals surface area contributed by atoms with Gasteiger partial charge in [-0.15, -0.1) is 0 Å². The summed E-state index contributed by atoms with van der Waals surface area (Å²) in [6, 6.07) is 15.3. The molecule has 3 heteroatoms. The third-order valence-electron chi connectivity index (χ3n) is 5.02. The van der Waals surface area contributed by atoms with Gasteiger partial charge < -0.3 is 15.0 Å². The summed E-state index contributed by atoms with van der Waals surface area (Å²) in [7, 11) is 1.71. The van der Waals surface area contributed by atoms with Crippen LogP contribution in [0.5, 0.6) is 5.75 Å². The van der Waals surface area contributed by atoms with E-state index < -0.39 is 0 Å². The van der Waals surface area contributed by atoms with Crippen molar-refractivity contribution in [2.75, 3.05) is 31.6 Å². The smallest absolute Gasteiger partial charge is 0.118 e. The van der Waals surface area contributed by atoms with Gasteiger partial charge in [0.1, 0.15) is 5.75 Å². The van der Waals surface area contributed by atoms with Gasteiger partial charge in [0, 0.05) is 37.3 Å². The standard InChI is InChI=1S/C19H22N2O/c1-14-3-8-17-18(9-14)21(13-19(17)11-20-12-19)10-15-4-6-16(22-2)7-5-15/h3-9,20H,10-13H2,1-2H3. The van der Waals surface area contributed by atoms with E-state index in [9.17, 15) is 0 Å². The fourth-order valence-electron chi connectivity index (χ4n) is 3.71. The lowest BCUT2D eigenvalue weighted by Gasteiger charge is -2.40. The van der Waals surface area contributed by atoms with Gasteiger partial charge in [0.25, 0.3) is 0 Å². The summed E-state index contributed by atoms with van der Waals surface area (Å²) >= 11 is 0. The minimum absolute atomic E-state index is 0.329. The fraction of sp³-hybridized carbons (Fsp3) is 0.368. The Balaban J connectivity index is 1.64. The van der Waals surface area contributed by atoms with E-state index >= 15 is 0 Å². The lowest BCUT2D eigenvalue weighted by Crippen LogP contribution is -2.58. The Hall–Kier alpha value is -2.00. The summed E-state index contributed by atoms with van der Waals surface area (Å²) in [5.41, 5.74) is 5.93. The molecule has 0 unspecified atom stereocenters. The van der Waals surface area contributed by atoms with Crippen LogP contribution in [0, 0.1) is 6.92 Å². The summed E-state index contributed by atoms with van der Waals surface area (Å²) in [4.78, 5) is 2.53. The van der Waals surface area contributed by atoms with E-state index in [1.165, 1.54) is 22.4 Å². The monoisotopic (exact) mass is 294 g/mol. The third kappa shape index (κ3) is 2.08. The van der Waals surface area contributed by atoms with Crippen LogP contribution >= 0.6 is 0 Å². The highest BCUT2D eigenvalue weighted by Gasteiger charge is 2.46. The van der Waals surface area contributed by atoms with Crippen molar-refractivity contribution in [1.29, 1.82) is 0 Å². The maximum absolute atomic E-state index is 5.25. The molecule has 2 aromatic rings. The largest absolute Gasteiger partial charge is 0.497 e. The van der Waals surface area contributed by atoms with Crippen LogP contribution in [-0.4, -0.2) is 26.7 Å². The van der Waals surface area contributed by atoms with Crippen molar-refractivity contribution in [3.63, 3.8) is 0 Å². The zero-order valence-corrected chi connectivity index (χ0v) is 13.2. The highest BCUT2D eigenvalue weighted by atomic mass is 16.5. The minimum Gasteiger partial charge on any atom is -0.497 e. The molecule has 0 bridgehead atoms. The van der Waals surface area contributed by atoms with E-state index in [0.717, 1.165) is 31.9 Å². The van der Waals surface area contributed by atoms with E-state index in [4.69, 9.17) is 4.74 Å². The average molecular weight is 294 g/mol. The van der Waals surface area contributed by atoms with Crippen LogP contribution in [0.4, 0.5) is 5.69 Å². The molecule has 0 radical (unpaired) electrons. The first kappa shape index (κ1) is 13.6. The van der Waals surface area contributed by atoms with Gasteiger partial charge in [-0.1, -0.05) is 24.3 Å². The van der Waals surface area contributed by atoms with Crippen LogP contribution < -0.4 is 15.0 Å². The Morgan fingerprint density at radius 3 is 2.55 bits per heavy atom. The number of hydrogen-bond donors (Lipinski definition) is 1. The Kier molecular flexibility index (Phi) is 3.12. The first-order chi connectivity index (χ1) is 10.7. The molecule has 0 aromatic heterocycles. The van der Waals surface area contributed by atoms with Crippen LogP contribution in [0.1, 0.15) is 16.7 Å².